The third kappa shape index (κ3) is 15.3. The zero-order chi connectivity index (χ0) is 45.3. The highest BCUT2D eigenvalue weighted by atomic mass is 16.7. The molecule has 0 heterocycles. The zero-order valence-corrected chi connectivity index (χ0v) is 41.5. The number of rotatable bonds is 20. The van der Waals surface area contributed by atoms with Gasteiger partial charge in [-0.15, -0.1) is 0 Å². The van der Waals surface area contributed by atoms with E-state index in [9.17, 15) is 0 Å². The van der Waals surface area contributed by atoms with E-state index in [0.717, 1.165) is 53.8 Å². The Bertz CT molecular complexity index is 1670. The van der Waals surface area contributed by atoms with Gasteiger partial charge in [0.2, 0.25) is 6.29 Å². The second kappa shape index (κ2) is 26.2. The summed E-state index contributed by atoms with van der Waals surface area (Å²) in [4.78, 5) is 0. The van der Waals surface area contributed by atoms with Crippen molar-refractivity contribution in [1.82, 2.24) is 0 Å². The highest BCUT2D eigenvalue weighted by Gasteiger charge is 2.54. The summed E-state index contributed by atoms with van der Waals surface area (Å²) in [7, 11) is 0. The van der Waals surface area contributed by atoms with E-state index in [-0.39, 0.29) is 18.9 Å². The van der Waals surface area contributed by atoms with Gasteiger partial charge in [-0.05, 0) is 166 Å². The van der Waals surface area contributed by atoms with Crippen LogP contribution >= 0.6 is 0 Å². The minimum atomic E-state index is -0.160. The summed E-state index contributed by atoms with van der Waals surface area (Å²) in [5.74, 6) is 8.61. The van der Waals surface area contributed by atoms with Crippen LogP contribution in [0.5, 0.6) is 17.2 Å². The molecular weight excluding hydrogens is 781 g/mol. The van der Waals surface area contributed by atoms with Crippen molar-refractivity contribution >= 4 is 0 Å². The molecule has 63 heavy (non-hydrogen) atoms. The van der Waals surface area contributed by atoms with Crippen LogP contribution in [0.15, 0.2) is 72.8 Å². The van der Waals surface area contributed by atoms with Crippen LogP contribution in [0.2, 0.25) is 0 Å². The second-order valence-electron chi connectivity index (χ2n) is 19.7. The van der Waals surface area contributed by atoms with Crippen LogP contribution in [0.4, 0.5) is 0 Å². The molecule has 7 rings (SSSR count). The molecule has 0 spiro atoms. The molecule has 0 amide bonds. The van der Waals surface area contributed by atoms with E-state index in [4.69, 9.17) is 28.4 Å². The Morgan fingerprint density at radius 2 is 0.968 bits per heavy atom. The van der Waals surface area contributed by atoms with Crippen molar-refractivity contribution in [2.75, 3.05) is 6.61 Å². The largest absolute Gasteiger partial charge is 0.465 e. The molecule has 6 heteroatoms. The first kappa shape index (κ1) is 50.9. The van der Waals surface area contributed by atoms with Crippen LogP contribution in [0, 0.1) is 29.6 Å². The van der Waals surface area contributed by atoms with E-state index in [0.29, 0.717) is 42.5 Å². The number of fused-ring (bicyclic) bond motifs is 5. The molecule has 4 aliphatic carbocycles. The summed E-state index contributed by atoms with van der Waals surface area (Å²) >= 11 is 0. The number of ether oxygens (including phenoxy) is 6. The maximum Gasteiger partial charge on any atom is 0.202 e. The Balaban J connectivity index is 0.000000183. The van der Waals surface area contributed by atoms with E-state index in [2.05, 4.69) is 123 Å². The lowest BCUT2D eigenvalue weighted by atomic mass is 9.80. The molecule has 0 radical (unpaired) electrons. The zero-order valence-electron chi connectivity index (χ0n) is 41.5. The first-order chi connectivity index (χ1) is 30.5. The van der Waals surface area contributed by atoms with Crippen molar-refractivity contribution < 1.29 is 28.4 Å². The fourth-order valence-electron chi connectivity index (χ4n) is 10.4. The number of hydrogen-bond acceptors (Lipinski definition) is 6. The third-order valence-electron chi connectivity index (χ3n) is 14.8. The maximum absolute atomic E-state index is 6.60. The topological polar surface area (TPSA) is 55.4 Å². The first-order valence-corrected chi connectivity index (χ1v) is 25.7. The quantitative estimate of drug-likeness (QED) is 0.105. The van der Waals surface area contributed by atoms with Gasteiger partial charge in [0.05, 0.1) is 12.2 Å². The van der Waals surface area contributed by atoms with Gasteiger partial charge in [-0.25, -0.2) is 0 Å². The van der Waals surface area contributed by atoms with Gasteiger partial charge in [0, 0.05) is 18.9 Å². The van der Waals surface area contributed by atoms with Crippen molar-refractivity contribution in [2.24, 2.45) is 29.6 Å². The molecule has 0 aromatic heterocycles. The molecule has 352 valence electrons. The molecule has 0 aliphatic heterocycles. The summed E-state index contributed by atoms with van der Waals surface area (Å²) in [5, 5.41) is 0. The molecule has 0 N–H and O–H groups in total. The lowest BCUT2D eigenvalue weighted by Crippen LogP contribution is -2.37. The van der Waals surface area contributed by atoms with Crippen molar-refractivity contribution in [3.63, 3.8) is 0 Å². The Hall–Kier alpha value is -3.06. The van der Waals surface area contributed by atoms with E-state index >= 15 is 0 Å². The van der Waals surface area contributed by atoms with Crippen LogP contribution in [-0.4, -0.2) is 37.7 Å². The molecule has 11 atom stereocenters. The standard InChI is InChI=1S/C24H36O2.C18H28O2.C15H24O2/c1-5-16(4)17-9-11-19(12-10-17)25-24(15(2)3)26-23-14-18-13-22(23)21-8-6-7-20(18)21;1-4-14(2)16-10-12-18(13-11-16)20-15(3)19-17-8-6-5-7-9-17;1-5-12(4)13-8-10-14(11-9-13)17-15(6-2)16-7-3/h9-12,15-16,18,20-24H,5-8,13-14H2,1-4H3;10-15,17H,4-9H2,1-3H3;8-12,15H,5-7H2,1-4H3. The summed E-state index contributed by atoms with van der Waals surface area (Å²) in [6.45, 7) is 24.6. The van der Waals surface area contributed by atoms with Crippen molar-refractivity contribution in [1.29, 1.82) is 0 Å². The Kier molecular flexibility index (Phi) is 21.2. The predicted molar refractivity (Wildman–Crippen MR) is 261 cm³/mol. The van der Waals surface area contributed by atoms with Gasteiger partial charge in [0.15, 0.2) is 12.6 Å². The molecular formula is C57H88O6. The molecule has 4 aliphatic rings. The van der Waals surface area contributed by atoms with Crippen molar-refractivity contribution in [3.8, 4) is 17.2 Å². The lowest BCUT2D eigenvalue weighted by molar-refractivity contribution is -0.162. The van der Waals surface area contributed by atoms with Gasteiger partial charge in [0.25, 0.3) is 0 Å². The van der Waals surface area contributed by atoms with Crippen molar-refractivity contribution in [3.05, 3.63) is 89.5 Å². The van der Waals surface area contributed by atoms with Gasteiger partial charge >= 0.3 is 0 Å². The van der Waals surface area contributed by atoms with Gasteiger partial charge in [0.1, 0.15) is 17.2 Å². The molecule has 11 unspecified atom stereocenters. The summed E-state index contributed by atoms with van der Waals surface area (Å²) in [6.07, 6.45) is 18.1. The van der Waals surface area contributed by atoms with E-state index in [1.165, 1.54) is 93.7 Å². The fourth-order valence-corrected chi connectivity index (χ4v) is 10.4. The highest BCUT2D eigenvalue weighted by molar-refractivity contribution is 5.31. The predicted octanol–water partition coefficient (Wildman–Crippen LogP) is 16.0. The Morgan fingerprint density at radius 3 is 1.44 bits per heavy atom. The first-order valence-electron chi connectivity index (χ1n) is 25.7. The van der Waals surface area contributed by atoms with Crippen molar-refractivity contribution in [2.45, 2.75) is 215 Å². The minimum absolute atomic E-state index is 0.130. The molecule has 3 aromatic rings. The van der Waals surface area contributed by atoms with E-state index in [1.54, 1.807) is 0 Å². The Labute approximate surface area is 384 Å². The highest BCUT2D eigenvalue weighted by Crippen LogP contribution is 2.59. The van der Waals surface area contributed by atoms with Crippen LogP contribution in [-0.2, 0) is 14.2 Å². The van der Waals surface area contributed by atoms with E-state index < -0.39 is 0 Å². The number of benzene rings is 3. The summed E-state index contributed by atoms with van der Waals surface area (Å²) in [6, 6.07) is 25.4. The molecule has 6 nitrogen and oxygen atoms in total. The van der Waals surface area contributed by atoms with Gasteiger partial charge in [-0.1, -0.05) is 124 Å². The normalized spacial score (nSPS) is 24.5. The number of hydrogen-bond donors (Lipinski definition) is 0. The summed E-state index contributed by atoms with van der Waals surface area (Å²) < 4.78 is 36.0. The van der Waals surface area contributed by atoms with Gasteiger partial charge in [-0.2, -0.15) is 0 Å². The molecule has 4 fully saturated rings. The maximum atomic E-state index is 6.60. The van der Waals surface area contributed by atoms with Gasteiger partial charge in [-0.3, -0.25) is 0 Å². The molecule has 4 saturated carbocycles. The van der Waals surface area contributed by atoms with E-state index in [1.807, 2.05) is 26.0 Å². The smallest absolute Gasteiger partial charge is 0.202 e. The second-order valence-corrected chi connectivity index (χ2v) is 19.7. The molecule has 0 saturated heterocycles. The fraction of sp³-hybridized carbons (Fsp3) is 0.684. The van der Waals surface area contributed by atoms with Crippen LogP contribution in [0.3, 0.4) is 0 Å². The average Bonchev–Trinajstić information content (AvgIpc) is 4.05. The summed E-state index contributed by atoms with van der Waals surface area (Å²) in [5.41, 5.74) is 4.13. The minimum Gasteiger partial charge on any atom is -0.465 e. The lowest BCUT2D eigenvalue weighted by Gasteiger charge is -2.35. The van der Waals surface area contributed by atoms with Gasteiger partial charge < -0.3 is 28.4 Å². The SMILES string of the molecule is CCC(C)c1ccc(OC(C)OC2CCCCC2)cc1.CCC(C)c1ccc(OC(OC2CC3CC2C2CCCC32)C(C)C)cc1.CCOC(CC)Oc1ccc(C(C)CC)cc1. The van der Waals surface area contributed by atoms with Crippen LogP contribution in [0.25, 0.3) is 0 Å². The third-order valence-corrected chi connectivity index (χ3v) is 14.8. The Morgan fingerprint density at radius 1 is 0.476 bits per heavy atom. The molecule has 2 bridgehead atoms. The monoisotopic (exact) mass is 869 g/mol. The van der Waals surface area contributed by atoms with Crippen LogP contribution in [0.1, 0.15) is 200 Å². The average molecular weight is 869 g/mol. The van der Waals surface area contributed by atoms with Crippen LogP contribution < -0.4 is 14.2 Å². The molecule has 3 aromatic carbocycles.